The first-order valence-electron chi connectivity index (χ1n) is 9.28. The Morgan fingerprint density at radius 1 is 0.913 bits per heavy atom. The second-order valence-corrected chi connectivity index (χ2v) is 6.71. The van der Waals surface area contributed by atoms with E-state index in [4.69, 9.17) is 0 Å². The van der Waals surface area contributed by atoms with Gasteiger partial charge in [0.2, 0.25) is 6.17 Å². The molecule has 23 heavy (non-hydrogen) atoms. The molecule has 2 heteroatoms. The molecule has 0 spiro atoms. The van der Waals surface area contributed by atoms with Gasteiger partial charge in [-0.1, -0.05) is 85.8 Å². The van der Waals surface area contributed by atoms with Crippen molar-refractivity contribution in [2.24, 2.45) is 21.8 Å². The summed E-state index contributed by atoms with van der Waals surface area (Å²) in [6.45, 7) is 4.57. The Bertz CT molecular complexity index is 466. The fraction of sp³-hybridized carbons (Fsp3) is 0.571. The van der Waals surface area contributed by atoms with Crippen LogP contribution in [0.25, 0.3) is 0 Å². The van der Waals surface area contributed by atoms with Crippen LogP contribution in [-0.2, 0) is 6.42 Å². The highest BCUT2D eigenvalue weighted by Gasteiger charge is 2.31. The van der Waals surface area contributed by atoms with E-state index in [0.717, 1.165) is 12.6 Å². The quantitative estimate of drug-likeness (QED) is 0.360. The molecule has 0 radical (unpaired) electrons. The minimum Gasteiger partial charge on any atom is -0.0965 e. The molecule has 0 fully saturated rings. The van der Waals surface area contributed by atoms with E-state index in [1.54, 1.807) is 0 Å². The summed E-state index contributed by atoms with van der Waals surface area (Å²) >= 11 is 0. The zero-order chi connectivity index (χ0) is 16.3. The number of benzene rings is 1. The Morgan fingerprint density at radius 2 is 1.57 bits per heavy atom. The van der Waals surface area contributed by atoms with Gasteiger partial charge in [0, 0.05) is 0 Å². The van der Waals surface area contributed by atoms with Gasteiger partial charge in [-0.25, -0.2) is 0 Å². The zero-order valence-corrected chi connectivity index (χ0v) is 14.7. The summed E-state index contributed by atoms with van der Waals surface area (Å²) in [6, 6.07) is 10.9. The lowest BCUT2D eigenvalue weighted by atomic mass is 9.82. The highest BCUT2D eigenvalue weighted by molar-refractivity contribution is 6.18. The highest BCUT2D eigenvalue weighted by atomic mass is 15.0. The lowest BCUT2D eigenvalue weighted by molar-refractivity contribution is 0.328. The van der Waals surface area contributed by atoms with Crippen molar-refractivity contribution in [3.63, 3.8) is 0 Å². The molecule has 0 saturated carbocycles. The molecular weight excluding hydrogens is 280 g/mol. The van der Waals surface area contributed by atoms with Crippen molar-refractivity contribution in [3.8, 4) is 0 Å². The summed E-state index contributed by atoms with van der Waals surface area (Å²) in [5, 5.41) is 0. The third kappa shape index (κ3) is 6.21. The molecule has 0 N–H and O–H groups in total. The van der Waals surface area contributed by atoms with Crippen molar-refractivity contribution in [1.29, 1.82) is 0 Å². The van der Waals surface area contributed by atoms with Gasteiger partial charge < -0.3 is 0 Å². The Hall–Kier alpha value is -1.57. The van der Waals surface area contributed by atoms with Crippen molar-refractivity contribution >= 4 is 12.4 Å². The van der Waals surface area contributed by atoms with Gasteiger partial charge in [-0.2, -0.15) is 0 Å². The summed E-state index contributed by atoms with van der Waals surface area (Å²) in [6.07, 6.45) is 15.2. The average Bonchev–Trinajstić information content (AvgIpc) is 3.12. The molecule has 1 aliphatic rings. The molecule has 0 aromatic heterocycles. The predicted molar refractivity (Wildman–Crippen MR) is 101 cm³/mol. The molecular formula is C21H31N2+. The first kappa shape index (κ1) is 17.8. The van der Waals surface area contributed by atoms with E-state index in [2.05, 4.69) is 54.2 Å². The van der Waals surface area contributed by atoms with Crippen LogP contribution >= 0.6 is 0 Å². The molecule has 2 unspecified atom stereocenters. The predicted octanol–water partition coefficient (Wildman–Crippen LogP) is 5.88. The number of unbranched alkanes of at least 4 members (excludes halogenated alkanes) is 5. The molecule has 1 heterocycles. The van der Waals surface area contributed by atoms with E-state index in [9.17, 15) is 0 Å². The molecule has 0 bridgehead atoms. The molecule has 1 aromatic carbocycles. The van der Waals surface area contributed by atoms with Crippen molar-refractivity contribution in [3.05, 3.63) is 42.1 Å². The van der Waals surface area contributed by atoms with Crippen molar-refractivity contribution < 1.29 is 0 Å². The van der Waals surface area contributed by atoms with E-state index < -0.39 is 0 Å². The van der Waals surface area contributed by atoms with E-state index in [0.29, 0.717) is 11.8 Å². The van der Waals surface area contributed by atoms with Gasteiger partial charge in [-0.15, -0.1) is 0 Å². The highest BCUT2D eigenvalue weighted by Crippen LogP contribution is 2.32. The van der Waals surface area contributed by atoms with Crippen LogP contribution in [0.5, 0.6) is 0 Å². The summed E-state index contributed by atoms with van der Waals surface area (Å²) in [4.78, 5) is 8.87. The van der Waals surface area contributed by atoms with Crippen molar-refractivity contribution in [2.45, 2.75) is 65.2 Å². The van der Waals surface area contributed by atoms with Crippen LogP contribution < -0.4 is 0 Å². The monoisotopic (exact) mass is 311 g/mol. The number of nitrogens with zero attached hydrogens (tertiary/aromatic N) is 2. The fourth-order valence-corrected chi connectivity index (χ4v) is 3.33. The molecule has 1 aromatic rings. The Labute approximate surface area is 142 Å². The number of aliphatic imine (C=N–C) groups is 2. The maximum absolute atomic E-state index is 4.44. The lowest BCUT2D eigenvalue weighted by Gasteiger charge is -2.22. The van der Waals surface area contributed by atoms with Gasteiger partial charge in [0.25, 0.3) is 0 Å². The van der Waals surface area contributed by atoms with Crippen molar-refractivity contribution in [2.75, 3.05) is 0 Å². The second kappa shape index (κ2) is 10.3. The van der Waals surface area contributed by atoms with E-state index in [-0.39, 0.29) is 0 Å². The standard InChI is InChI=1S/C21H31N2/c1-3-4-5-6-7-11-14-20(17-19-12-9-8-10-13-19)18(2)21-22-15-16-23-21/h8-10,12-13,15-16,18,20H,3-7,11,14,17H2,1-2H3/q+1. The van der Waals surface area contributed by atoms with Gasteiger partial charge in [0.05, 0.1) is 5.92 Å². The summed E-state index contributed by atoms with van der Waals surface area (Å²) < 4.78 is 0. The first-order chi connectivity index (χ1) is 11.3. The SMILES string of the molecule is CCCCCCCCC(Cc1ccccc1)C(C)[C+]1N=CC=N1. The summed E-state index contributed by atoms with van der Waals surface area (Å²) in [5.41, 5.74) is 1.43. The molecule has 2 atom stereocenters. The van der Waals surface area contributed by atoms with Gasteiger partial charge in [-0.05, 0) is 31.2 Å². The minimum atomic E-state index is 0.431. The van der Waals surface area contributed by atoms with Gasteiger partial charge in [-0.3, -0.25) is 0 Å². The van der Waals surface area contributed by atoms with Crippen LogP contribution in [0.4, 0.5) is 0 Å². The topological polar surface area (TPSA) is 24.7 Å². The van der Waals surface area contributed by atoms with Crippen LogP contribution in [-0.4, -0.2) is 12.4 Å². The number of hydrogen-bond donors (Lipinski definition) is 0. The van der Waals surface area contributed by atoms with Crippen molar-refractivity contribution in [1.82, 2.24) is 0 Å². The third-order valence-corrected chi connectivity index (χ3v) is 4.86. The maximum Gasteiger partial charge on any atom is 0.243 e. The minimum absolute atomic E-state index is 0.431. The number of rotatable bonds is 11. The third-order valence-electron chi connectivity index (χ3n) is 4.86. The molecule has 0 amide bonds. The summed E-state index contributed by atoms with van der Waals surface area (Å²) in [5.74, 6) is 1.06. The first-order valence-corrected chi connectivity index (χ1v) is 9.28. The molecule has 0 aliphatic carbocycles. The molecule has 0 saturated heterocycles. The Balaban J connectivity index is 1.86. The van der Waals surface area contributed by atoms with Crippen LogP contribution in [0.1, 0.15) is 64.4 Å². The van der Waals surface area contributed by atoms with Crippen LogP contribution in [0, 0.1) is 18.0 Å². The van der Waals surface area contributed by atoms with Gasteiger partial charge >= 0.3 is 0 Å². The molecule has 124 valence electrons. The number of hydrogen-bond acceptors (Lipinski definition) is 2. The zero-order valence-electron chi connectivity index (χ0n) is 14.7. The fourth-order valence-electron chi connectivity index (χ4n) is 3.33. The van der Waals surface area contributed by atoms with Crippen LogP contribution in [0.3, 0.4) is 0 Å². The lowest BCUT2D eigenvalue weighted by Crippen LogP contribution is -2.19. The van der Waals surface area contributed by atoms with E-state index in [1.807, 2.05) is 12.4 Å². The second-order valence-electron chi connectivity index (χ2n) is 6.71. The summed E-state index contributed by atoms with van der Waals surface area (Å²) in [7, 11) is 0. The van der Waals surface area contributed by atoms with Crippen LogP contribution in [0.15, 0.2) is 40.3 Å². The van der Waals surface area contributed by atoms with Crippen LogP contribution in [0.2, 0.25) is 0 Å². The Morgan fingerprint density at radius 3 is 2.26 bits per heavy atom. The van der Waals surface area contributed by atoms with E-state index in [1.165, 1.54) is 50.5 Å². The van der Waals surface area contributed by atoms with Gasteiger partial charge in [0.1, 0.15) is 0 Å². The molecule has 2 rings (SSSR count). The normalized spacial score (nSPS) is 16.0. The molecule has 2 nitrogen and oxygen atoms in total. The maximum atomic E-state index is 4.44. The average molecular weight is 311 g/mol. The van der Waals surface area contributed by atoms with Gasteiger partial charge in [0.15, 0.2) is 12.4 Å². The largest absolute Gasteiger partial charge is 0.243 e. The van der Waals surface area contributed by atoms with E-state index >= 15 is 0 Å². The smallest absolute Gasteiger partial charge is 0.0965 e. The molecule has 1 aliphatic heterocycles. The Kier molecular flexibility index (Phi) is 7.92.